The SMILES string of the molecule is C#Cc1ccc(C2(C(OC)C(=O)O)CC2)cc1. The second-order valence-corrected chi connectivity index (χ2v) is 4.33. The summed E-state index contributed by atoms with van der Waals surface area (Å²) in [4.78, 5) is 11.2. The van der Waals surface area contributed by atoms with E-state index in [9.17, 15) is 4.79 Å². The van der Waals surface area contributed by atoms with Crippen LogP contribution in [0.2, 0.25) is 0 Å². The summed E-state index contributed by atoms with van der Waals surface area (Å²) in [5.41, 5.74) is 1.42. The Balaban J connectivity index is 2.32. The third-order valence-corrected chi connectivity index (χ3v) is 3.38. The van der Waals surface area contributed by atoms with E-state index in [1.54, 1.807) is 0 Å². The van der Waals surface area contributed by atoms with Gasteiger partial charge in [-0.25, -0.2) is 4.79 Å². The van der Waals surface area contributed by atoms with Crippen molar-refractivity contribution in [1.29, 1.82) is 0 Å². The van der Waals surface area contributed by atoms with Gasteiger partial charge in [0.25, 0.3) is 0 Å². The third-order valence-electron chi connectivity index (χ3n) is 3.38. The van der Waals surface area contributed by atoms with E-state index < -0.39 is 12.1 Å². The minimum Gasteiger partial charge on any atom is -0.479 e. The van der Waals surface area contributed by atoms with E-state index in [1.165, 1.54) is 7.11 Å². The number of rotatable bonds is 4. The first kappa shape index (κ1) is 11.7. The Hall–Kier alpha value is -1.79. The van der Waals surface area contributed by atoms with Gasteiger partial charge in [0.2, 0.25) is 0 Å². The Morgan fingerprint density at radius 2 is 2.06 bits per heavy atom. The van der Waals surface area contributed by atoms with Crippen LogP contribution in [0.3, 0.4) is 0 Å². The van der Waals surface area contributed by atoms with Crippen molar-refractivity contribution in [2.45, 2.75) is 24.4 Å². The first-order chi connectivity index (χ1) is 8.14. The van der Waals surface area contributed by atoms with Crippen LogP contribution in [0.1, 0.15) is 24.0 Å². The fraction of sp³-hybridized carbons (Fsp3) is 0.357. The van der Waals surface area contributed by atoms with Crippen LogP contribution in [0, 0.1) is 12.3 Å². The van der Waals surface area contributed by atoms with Gasteiger partial charge in [0.15, 0.2) is 6.10 Å². The number of carboxylic acids is 1. The van der Waals surface area contributed by atoms with Gasteiger partial charge in [-0.2, -0.15) is 0 Å². The lowest BCUT2D eigenvalue weighted by Gasteiger charge is -2.22. The van der Waals surface area contributed by atoms with Crippen molar-refractivity contribution in [1.82, 2.24) is 0 Å². The van der Waals surface area contributed by atoms with Crippen LogP contribution in [0.15, 0.2) is 24.3 Å². The van der Waals surface area contributed by atoms with Crippen molar-refractivity contribution in [3.8, 4) is 12.3 Å². The summed E-state index contributed by atoms with van der Waals surface area (Å²) in [6.07, 6.45) is 6.19. The van der Waals surface area contributed by atoms with Gasteiger partial charge in [-0.3, -0.25) is 0 Å². The van der Waals surface area contributed by atoms with Crippen molar-refractivity contribution in [2.75, 3.05) is 7.11 Å². The maximum absolute atomic E-state index is 11.2. The Morgan fingerprint density at radius 1 is 1.47 bits per heavy atom. The topological polar surface area (TPSA) is 46.5 Å². The molecule has 0 aromatic heterocycles. The first-order valence-electron chi connectivity index (χ1n) is 5.47. The zero-order valence-electron chi connectivity index (χ0n) is 9.64. The highest BCUT2D eigenvalue weighted by Gasteiger charge is 2.54. The summed E-state index contributed by atoms with van der Waals surface area (Å²) in [5.74, 6) is 1.63. The number of hydrogen-bond donors (Lipinski definition) is 1. The second kappa shape index (κ2) is 4.23. The average molecular weight is 230 g/mol. The van der Waals surface area contributed by atoms with E-state index in [1.807, 2.05) is 24.3 Å². The smallest absolute Gasteiger partial charge is 0.333 e. The normalized spacial score (nSPS) is 18.1. The third kappa shape index (κ3) is 1.92. The number of carboxylic acid groups (broad SMARTS) is 1. The van der Waals surface area contributed by atoms with Crippen LogP contribution in [-0.4, -0.2) is 24.3 Å². The molecule has 0 radical (unpaired) electrons. The fourth-order valence-corrected chi connectivity index (χ4v) is 2.30. The van der Waals surface area contributed by atoms with E-state index >= 15 is 0 Å². The molecule has 1 aliphatic rings. The molecule has 0 amide bonds. The molecular weight excluding hydrogens is 216 g/mol. The summed E-state index contributed by atoms with van der Waals surface area (Å²) in [7, 11) is 1.44. The molecule has 1 aliphatic carbocycles. The molecule has 3 nitrogen and oxygen atoms in total. The number of benzene rings is 1. The maximum Gasteiger partial charge on any atom is 0.333 e. The molecule has 0 spiro atoms. The summed E-state index contributed by atoms with van der Waals surface area (Å²) < 4.78 is 5.11. The molecule has 0 aliphatic heterocycles. The molecule has 1 fully saturated rings. The van der Waals surface area contributed by atoms with E-state index in [0.717, 1.165) is 24.0 Å². The van der Waals surface area contributed by atoms with E-state index in [0.29, 0.717) is 0 Å². The van der Waals surface area contributed by atoms with Crippen LogP contribution >= 0.6 is 0 Å². The number of aliphatic carboxylic acids is 1. The van der Waals surface area contributed by atoms with Gasteiger partial charge < -0.3 is 9.84 Å². The first-order valence-corrected chi connectivity index (χ1v) is 5.47. The molecule has 1 atom stereocenters. The molecule has 1 aromatic rings. The van der Waals surface area contributed by atoms with Crippen molar-refractivity contribution in [2.24, 2.45) is 0 Å². The summed E-state index contributed by atoms with van der Waals surface area (Å²) in [6.45, 7) is 0. The van der Waals surface area contributed by atoms with Crippen LogP contribution in [-0.2, 0) is 14.9 Å². The predicted molar refractivity (Wildman–Crippen MR) is 63.7 cm³/mol. The van der Waals surface area contributed by atoms with Crippen LogP contribution < -0.4 is 0 Å². The molecule has 0 saturated heterocycles. The molecule has 2 rings (SSSR count). The fourth-order valence-electron chi connectivity index (χ4n) is 2.30. The van der Waals surface area contributed by atoms with Gasteiger partial charge in [0.1, 0.15) is 0 Å². The summed E-state index contributed by atoms with van der Waals surface area (Å²) >= 11 is 0. The van der Waals surface area contributed by atoms with Crippen molar-refractivity contribution in [3.63, 3.8) is 0 Å². The van der Waals surface area contributed by atoms with E-state index in [-0.39, 0.29) is 5.41 Å². The van der Waals surface area contributed by atoms with Crippen molar-refractivity contribution < 1.29 is 14.6 Å². The molecular formula is C14H14O3. The summed E-state index contributed by atoms with van der Waals surface area (Å²) in [5, 5.41) is 9.15. The molecule has 1 saturated carbocycles. The number of ether oxygens (including phenoxy) is 1. The van der Waals surface area contributed by atoms with E-state index in [4.69, 9.17) is 16.3 Å². The number of terminal acetylenes is 1. The molecule has 0 bridgehead atoms. The maximum atomic E-state index is 11.2. The van der Waals surface area contributed by atoms with E-state index in [2.05, 4.69) is 5.92 Å². The minimum absolute atomic E-state index is 0.367. The quantitative estimate of drug-likeness (QED) is 0.802. The molecule has 1 aromatic carbocycles. The lowest BCUT2D eigenvalue weighted by atomic mass is 9.89. The predicted octanol–water partition coefficient (Wildman–Crippen LogP) is 1.80. The highest BCUT2D eigenvalue weighted by atomic mass is 16.5. The Labute approximate surface area is 100 Å². The lowest BCUT2D eigenvalue weighted by Crippen LogP contribution is -2.35. The van der Waals surface area contributed by atoms with Crippen LogP contribution in [0.5, 0.6) is 0 Å². The number of carbonyl (C=O) groups is 1. The second-order valence-electron chi connectivity index (χ2n) is 4.33. The van der Waals surface area contributed by atoms with Gasteiger partial charge in [-0.15, -0.1) is 6.42 Å². The number of hydrogen-bond acceptors (Lipinski definition) is 2. The van der Waals surface area contributed by atoms with Crippen LogP contribution in [0.4, 0.5) is 0 Å². The molecule has 1 unspecified atom stereocenters. The van der Waals surface area contributed by atoms with Gasteiger partial charge in [-0.1, -0.05) is 18.1 Å². The Kier molecular flexibility index (Phi) is 2.91. The van der Waals surface area contributed by atoms with Gasteiger partial charge in [-0.05, 0) is 30.5 Å². The zero-order chi connectivity index (χ0) is 12.5. The van der Waals surface area contributed by atoms with Crippen LogP contribution in [0.25, 0.3) is 0 Å². The number of methoxy groups -OCH3 is 1. The largest absolute Gasteiger partial charge is 0.479 e. The highest BCUT2D eigenvalue weighted by molar-refractivity contribution is 5.76. The lowest BCUT2D eigenvalue weighted by molar-refractivity contribution is -0.150. The Morgan fingerprint density at radius 3 is 2.41 bits per heavy atom. The highest BCUT2D eigenvalue weighted by Crippen LogP contribution is 2.52. The molecule has 0 heterocycles. The van der Waals surface area contributed by atoms with Crippen molar-refractivity contribution >= 4 is 5.97 Å². The zero-order valence-corrected chi connectivity index (χ0v) is 9.64. The molecule has 88 valence electrons. The van der Waals surface area contributed by atoms with Gasteiger partial charge in [0.05, 0.1) is 0 Å². The average Bonchev–Trinajstić information content (AvgIpc) is 3.11. The van der Waals surface area contributed by atoms with Gasteiger partial charge in [0, 0.05) is 18.1 Å². The summed E-state index contributed by atoms with van der Waals surface area (Å²) in [6, 6.07) is 7.47. The molecule has 1 N–H and O–H groups in total. The van der Waals surface area contributed by atoms with Crippen molar-refractivity contribution in [3.05, 3.63) is 35.4 Å². The molecule has 17 heavy (non-hydrogen) atoms. The minimum atomic E-state index is -0.911. The van der Waals surface area contributed by atoms with Gasteiger partial charge >= 0.3 is 5.97 Å². The Bertz CT molecular complexity index is 463. The monoisotopic (exact) mass is 230 g/mol. The molecule has 3 heteroatoms. The standard InChI is InChI=1S/C14H14O3/c1-3-10-4-6-11(7-5-10)14(8-9-14)12(17-2)13(15)16/h1,4-7,12H,8-9H2,2H3,(H,15,16).